The molecule has 0 bridgehead atoms. The Balaban J connectivity index is 1.67. The number of hydrogen-bond donors (Lipinski definition) is 2. The van der Waals surface area contributed by atoms with Crippen LogP contribution < -0.4 is 15.4 Å². The molecule has 1 aliphatic rings. The number of hydrogen-bond acceptors (Lipinski definition) is 4. The van der Waals surface area contributed by atoms with Gasteiger partial charge in [-0.2, -0.15) is 0 Å². The van der Waals surface area contributed by atoms with E-state index in [4.69, 9.17) is 4.74 Å². The molecule has 1 aliphatic carbocycles. The van der Waals surface area contributed by atoms with Gasteiger partial charge in [0.2, 0.25) is 5.91 Å². The van der Waals surface area contributed by atoms with Crippen molar-refractivity contribution in [1.82, 2.24) is 15.6 Å². The summed E-state index contributed by atoms with van der Waals surface area (Å²) in [7, 11) is 1.88. The molecule has 1 amide bonds. The summed E-state index contributed by atoms with van der Waals surface area (Å²) in [5.74, 6) is 0.770. The molecule has 0 spiro atoms. The minimum atomic E-state index is 0.0669. The van der Waals surface area contributed by atoms with Gasteiger partial charge in [0.1, 0.15) is 5.75 Å². The highest BCUT2D eigenvalue weighted by molar-refractivity contribution is 5.76. The summed E-state index contributed by atoms with van der Waals surface area (Å²) in [6.45, 7) is 1.13. The molecule has 0 saturated heterocycles. The molecule has 0 atom stereocenters. The molecule has 2 N–H and O–H groups in total. The smallest absolute Gasteiger partial charge is 0.223 e. The van der Waals surface area contributed by atoms with Gasteiger partial charge in [-0.05, 0) is 32.0 Å². The van der Waals surface area contributed by atoms with E-state index in [9.17, 15) is 4.79 Å². The van der Waals surface area contributed by atoms with Crippen LogP contribution in [0.2, 0.25) is 0 Å². The van der Waals surface area contributed by atoms with Crippen LogP contribution >= 0.6 is 0 Å². The van der Waals surface area contributed by atoms with E-state index >= 15 is 0 Å². The second-order valence-electron chi connectivity index (χ2n) is 4.46. The molecule has 1 aromatic rings. The first kappa shape index (κ1) is 12.8. The molecule has 0 aliphatic heterocycles. The summed E-state index contributed by atoms with van der Waals surface area (Å²) in [5.41, 5.74) is 0.969. The van der Waals surface area contributed by atoms with E-state index in [2.05, 4.69) is 15.6 Å². The number of amides is 1. The van der Waals surface area contributed by atoms with Gasteiger partial charge in [-0.15, -0.1) is 0 Å². The fraction of sp³-hybridized carbons (Fsp3) is 0.538. The average Bonchev–Trinajstić information content (AvgIpc) is 3.16. The van der Waals surface area contributed by atoms with Crippen molar-refractivity contribution in [2.75, 3.05) is 13.7 Å². The standard InChI is InChI=1S/C13H19N3O2/c1-14-8-11-4-5-12(9-15-11)18-7-6-13(17)16-10-2-3-10/h4-5,9-10,14H,2-3,6-8H2,1H3,(H,16,17). The Hall–Kier alpha value is -1.62. The molecule has 0 aromatic carbocycles. The summed E-state index contributed by atoms with van der Waals surface area (Å²) in [6, 6.07) is 4.20. The molecule has 1 fully saturated rings. The lowest BCUT2D eigenvalue weighted by atomic mass is 10.3. The van der Waals surface area contributed by atoms with Crippen molar-refractivity contribution >= 4 is 5.91 Å². The van der Waals surface area contributed by atoms with E-state index in [1.165, 1.54) is 0 Å². The van der Waals surface area contributed by atoms with Gasteiger partial charge < -0.3 is 15.4 Å². The molecule has 5 heteroatoms. The number of aromatic nitrogens is 1. The third-order valence-electron chi connectivity index (χ3n) is 2.70. The lowest BCUT2D eigenvalue weighted by Gasteiger charge is -2.07. The quantitative estimate of drug-likeness (QED) is 0.752. The lowest BCUT2D eigenvalue weighted by molar-refractivity contribution is -0.121. The maximum Gasteiger partial charge on any atom is 0.223 e. The predicted molar refractivity (Wildman–Crippen MR) is 68.3 cm³/mol. The van der Waals surface area contributed by atoms with Crippen molar-refractivity contribution in [2.24, 2.45) is 0 Å². The minimum Gasteiger partial charge on any atom is -0.491 e. The first-order valence-electron chi connectivity index (χ1n) is 6.29. The predicted octanol–water partition coefficient (Wildman–Crippen LogP) is 0.848. The van der Waals surface area contributed by atoms with Gasteiger partial charge in [-0.25, -0.2) is 0 Å². The van der Waals surface area contributed by atoms with Crippen molar-refractivity contribution in [2.45, 2.75) is 31.8 Å². The van der Waals surface area contributed by atoms with Crippen molar-refractivity contribution in [3.63, 3.8) is 0 Å². The summed E-state index contributed by atoms with van der Waals surface area (Å²) in [6.07, 6.45) is 4.31. The second kappa shape index (κ2) is 6.35. The van der Waals surface area contributed by atoms with E-state index in [0.29, 0.717) is 24.8 Å². The fourth-order valence-electron chi connectivity index (χ4n) is 1.57. The first-order chi connectivity index (χ1) is 8.78. The number of rotatable bonds is 7. The van der Waals surface area contributed by atoms with Crippen LogP contribution in [-0.4, -0.2) is 30.6 Å². The van der Waals surface area contributed by atoms with E-state index in [1.54, 1.807) is 6.20 Å². The van der Waals surface area contributed by atoms with Crippen LogP contribution in [0.4, 0.5) is 0 Å². The van der Waals surface area contributed by atoms with E-state index < -0.39 is 0 Å². The number of carbonyl (C=O) groups is 1. The monoisotopic (exact) mass is 249 g/mol. The van der Waals surface area contributed by atoms with Crippen LogP contribution in [0.25, 0.3) is 0 Å². The van der Waals surface area contributed by atoms with Gasteiger partial charge in [-0.1, -0.05) is 0 Å². The Labute approximate surface area is 107 Å². The number of carbonyl (C=O) groups excluding carboxylic acids is 1. The van der Waals surface area contributed by atoms with E-state index in [1.807, 2.05) is 19.2 Å². The van der Waals surface area contributed by atoms with Gasteiger partial charge >= 0.3 is 0 Å². The summed E-state index contributed by atoms with van der Waals surface area (Å²) in [4.78, 5) is 15.6. The summed E-state index contributed by atoms with van der Waals surface area (Å²) in [5, 5.41) is 5.95. The maximum absolute atomic E-state index is 11.4. The van der Waals surface area contributed by atoms with Crippen LogP contribution in [0.3, 0.4) is 0 Å². The molecule has 1 saturated carbocycles. The Morgan fingerprint density at radius 2 is 2.33 bits per heavy atom. The van der Waals surface area contributed by atoms with Crippen molar-refractivity contribution in [1.29, 1.82) is 0 Å². The third-order valence-corrected chi connectivity index (χ3v) is 2.70. The molecule has 0 radical (unpaired) electrons. The molecule has 98 valence electrons. The highest BCUT2D eigenvalue weighted by Crippen LogP contribution is 2.18. The largest absolute Gasteiger partial charge is 0.491 e. The molecule has 2 rings (SSSR count). The van der Waals surface area contributed by atoms with Crippen LogP contribution in [0.5, 0.6) is 5.75 Å². The maximum atomic E-state index is 11.4. The van der Waals surface area contributed by atoms with Crippen molar-refractivity contribution in [3.8, 4) is 5.75 Å². The Morgan fingerprint density at radius 3 is 2.94 bits per heavy atom. The zero-order chi connectivity index (χ0) is 12.8. The molecular formula is C13H19N3O2. The van der Waals surface area contributed by atoms with Crippen molar-refractivity contribution in [3.05, 3.63) is 24.0 Å². The average molecular weight is 249 g/mol. The molecule has 1 aromatic heterocycles. The fourth-order valence-corrected chi connectivity index (χ4v) is 1.57. The first-order valence-corrected chi connectivity index (χ1v) is 6.29. The number of nitrogens with one attached hydrogen (secondary N) is 2. The third kappa shape index (κ3) is 4.33. The molecular weight excluding hydrogens is 230 g/mol. The van der Waals surface area contributed by atoms with Crippen molar-refractivity contribution < 1.29 is 9.53 Å². The minimum absolute atomic E-state index is 0.0669. The molecule has 5 nitrogen and oxygen atoms in total. The molecule has 1 heterocycles. The van der Waals surface area contributed by atoms with Gasteiger partial charge in [-0.3, -0.25) is 9.78 Å². The van der Waals surface area contributed by atoms with Gasteiger partial charge in [0.05, 0.1) is 24.9 Å². The zero-order valence-electron chi connectivity index (χ0n) is 10.6. The van der Waals surface area contributed by atoms with Gasteiger partial charge in [0.15, 0.2) is 0 Å². The summed E-state index contributed by atoms with van der Waals surface area (Å²) >= 11 is 0. The van der Waals surface area contributed by atoms with Crippen LogP contribution in [-0.2, 0) is 11.3 Å². The lowest BCUT2D eigenvalue weighted by Crippen LogP contribution is -2.26. The highest BCUT2D eigenvalue weighted by Gasteiger charge is 2.22. The van der Waals surface area contributed by atoms with Gasteiger partial charge in [0, 0.05) is 12.6 Å². The normalized spacial score (nSPS) is 14.3. The number of ether oxygens (including phenoxy) is 1. The van der Waals surface area contributed by atoms with Crippen LogP contribution in [0.1, 0.15) is 25.0 Å². The zero-order valence-corrected chi connectivity index (χ0v) is 10.6. The van der Waals surface area contributed by atoms with E-state index in [-0.39, 0.29) is 5.91 Å². The highest BCUT2D eigenvalue weighted by atomic mass is 16.5. The van der Waals surface area contributed by atoms with Crippen LogP contribution in [0, 0.1) is 0 Å². The van der Waals surface area contributed by atoms with Gasteiger partial charge in [0.25, 0.3) is 0 Å². The van der Waals surface area contributed by atoms with Crippen LogP contribution in [0.15, 0.2) is 18.3 Å². The summed E-state index contributed by atoms with van der Waals surface area (Å²) < 4.78 is 5.47. The number of pyridine rings is 1. The SMILES string of the molecule is CNCc1ccc(OCCC(=O)NC2CC2)cn1. The second-order valence-corrected chi connectivity index (χ2v) is 4.46. The molecule has 0 unspecified atom stereocenters. The Morgan fingerprint density at radius 1 is 1.50 bits per heavy atom. The number of nitrogens with zero attached hydrogens (tertiary/aromatic N) is 1. The Kier molecular flexibility index (Phi) is 4.52. The molecule has 18 heavy (non-hydrogen) atoms. The van der Waals surface area contributed by atoms with E-state index in [0.717, 1.165) is 25.1 Å². The topological polar surface area (TPSA) is 63.2 Å². The Bertz CT molecular complexity index is 388.